The lowest BCUT2D eigenvalue weighted by atomic mass is 10.0. The van der Waals surface area contributed by atoms with Gasteiger partial charge in [-0.25, -0.2) is 0 Å². The largest absolute Gasteiger partial charge is 0.271 e. The van der Waals surface area contributed by atoms with Crippen molar-refractivity contribution in [1.29, 1.82) is 0 Å². The minimum atomic E-state index is 0.550. The Morgan fingerprint density at radius 2 is 1.05 bits per heavy atom. The maximum Gasteiger partial charge on any atom is 0.0210 e. The smallest absolute Gasteiger partial charge is 0.0210 e. The Labute approximate surface area is 121 Å². The van der Waals surface area contributed by atoms with E-state index in [2.05, 4.69) is 19.3 Å². The molecule has 0 saturated heterocycles. The van der Waals surface area contributed by atoms with Gasteiger partial charge in [0.1, 0.15) is 0 Å². The van der Waals surface area contributed by atoms with Crippen LogP contribution in [0.25, 0.3) is 0 Å². The quantitative estimate of drug-likeness (QED) is 0.240. The van der Waals surface area contributed by atoms with Crippen molar-refractivity contribution in [2.24, 2.45) is 5.84 Å². The van der Waals surface area contributed by atoms with Gasteiger partial charge in [0.05, 0.1) is 0 Å². The third-order valence-corrected chi connectivity index (χ3v) is 4.05. The third-order valence-electron chi connectivity index (χ3n) is 4.05. The number of hydrogen-bond donors (Lipinski definition) is 2. The number of hydrogen-bond acceptors (Lipinski definition) is 2. The summed E-state index contributed by atoms with van der Waals surface area (Å²) in [5.74, 6) is 5.58. The molecule has 0 aliphatic rings. The zero-order chi connectivity index (χ0) is 14.2. The van der Waals surface area contributed by atoms with Crippen LogP contribution in [0.15, 0.2) is 0 Å². The summed E-state index contributed by atoms with van der Waals surface area (Å²) in [5, 5.41) is 0. The normalized spacial score (nSPS) is 12.8. The van der Waals surface area contributed by atoms with E-state index in [1.54, 1.807) is 0 Å². The van der Waals surface area contributed by atoms with E-state index in [1.165, 1.54) is 89.9 Å². The van der Waals surface area contributed by atoms with Gasteiger partial charge in [-0.15, -0.1) is 0 Å². The van der Waals surface area contributed by atoms with Gasteiger partial charge in [0, 0.05) is 6.04 Å². The molecule has 0 aliphatic carbocycles. The van der Waals surface area contributed by atoms with Crippen LogP contribution in [0.3, 0.4) is 0 Å². The zero-order valence-electron chi connectivity index (χ0n) is 13.6. The Morgan fingerprint density at radius 3 is 1.53 bits per heavy atom. The van der Waals surface area contributed by atoms with Gasteiger partial charge in [0.2, 0.25) is 0 Å². The van der Waals surface area contributed by atoms with E-state index in [4.69, 9.17) is 5.84 Å². The highest BCUT2D eigenvalue weighted by atomic mass is 15.2. The molecule has 0 heterocycles. The Hall–Kier alpha value is -0.0800. The van der Waals surface area contributed by atoms with Crippen LogP contribution in [0.5, 0.6) is 0 Å². The minimum absolute atomic E-state index is 0.550. The molecule has 1 unspecified atom stereocenters. The fourth-order valence-corrected chi connectivity index (χ4v) is 2.64. The second kappa shape index (κ2) is 16.0. The number of nitrogens with one attached hydrogen (secondary N) is 1. The van der Waals surface area contributed by atoms with Gasteiger partial charge in [0.25, 0.3) is 0 Å². The first-order valence-corrected chi connectivity index (χ1v) is 8.81. The number of rotatable bonds is 15. The summed E-state index contributed by atoms with van der Waals surface area (Å²) in [6.07, 6.45) is 19.2. The second-order valence-corrected chi connectivity index (χ2v) is 5.98. The van der Waals surface area contributed by atoms with E-state index in [9.17, 15) is 0 Å². The first-order valence-electron chi connectivity index (χ1n) is 8.81. The molecule has 0 aliphatic heterocycles. The van der Waals surface area contributed by atoms with Gasteiger partial charge in [-0.3, -0.25) is 11.3 Å². The van der Waals surface area contributed by atoms with Gasteiger partial charge in [-0.2, -0.15) is 0 Å². The highest BCUT2D eigenvalue weighted by Gasteiger charge is 2.04. The van der Waals surface area contributed by atoms with Crippen LogP contribution in [-0.4, -0.2) is 6.04 Å². The maximum absolute atomic E-state index is 5.58. The van der Waals surface area contributed by atoms with E-state index in [0.717, 1.165) is 0 Å². The summed E-state index contributed by atoms with van der Waals surface area (Å²) in [7, 11) is 0. The van der Waals surface area contributed by atoms with Crippen molar-refractivity contribution in [1.82, 2.24) is 5.43 Å². The molecule has 116 valence electrons. The van der Waals surface area contributed by atoms with Crippen molar-refractivity contribution < 1.29 is 0 Å². The Kier molecular flexibility index (Phi) is 15.9. The molecule has 0 spiro atoms. The standard InChI is InChI=1S/C17H38N2/c1-3-5-7-8-9-10-11-12-13-14-16-17(19-18)15-6-4-2/h17,19H,3-16,18H2,1-2H3. The van der Waals surface area contributed by atoms with Crippen molar-refractivity contribution in [3.8, 4) is 0 Å². The van der Waals surface area contributed by atoms with Crippen LogP contribution in [0.2, 0.25) is 0 Å². The van der Waals surface area contributed by atoms with Gasteiger partial charge in [0.15, 0.2) is 0 Å². The van der Waals surface area contributed by atoms with E-state index >= 15 is 0 Å². The summed E-state index contributed by atoms with van der Waals surface area (Å²) in [6, 6.07) is 0.550. The van der Waals surface area contributed by atoms with Crippen LogP contribution in [-0.2, 0) is 0 Å². The molecular weight excluding hydrogens is 232 g/mol. The molecule has 0 fully saturated rings. The van der Waals surface area contributed by atoms with Crippen molar-refractivity contribution in [2.75, 3.05) is 0 Å². The van der Waals surface area contributed by atoms with Crippen LogP contribution in [0.1, 0.15) is 104 Å². The molecule has 0 rings (SSSR count). The molecule has 2 nitrogen and oxygen atoms in total. The van der Waals surface area contributed by atoms with Crippen LogP contribution < -0.4 is 11.3 Å². The maximum atomic E-state index is 5.58. The molecule has 0 aromatic rings. The lowest BCUT2D eigenvalue weighted by Crippen LogP contribution is -2.34. The Bertz CT molecular complexity index is 159. The van der Waals surface area contributed by atoms with Crippen LogP contribution in [0.4, 0.5) is 0 Å². The summed E-state index contributed by atoms with van der Waals surface area (Å²) in [5.41, 5.74) is 2.97. The molecule has 19 heavy (non-hydrogen) atoms. The second-order valence-electron chi connectivity index (χ2n) is 5.98. The predicted molar refractivity (Wildman–Crippen MR) is 87.1 cm³/mol. The molecule has 0 saturated carbocycles. The van der Waals surface area contributed by atoms with E-state index in [1.807, 2.05) is 0 Å². The van der Waals surface area contributed by atoms with Crippen LogP contribution >= 0.6 is 0 Å². The molecule has 0 bridgehead atoms. The van der Waals surface area contributed by atoms with Gasteiger partial charge >= 0.3 is 0 Å². The molecule has 3 N–H and O–H groups in total. The number of unbranched alkanes of at least 4 members (excludes halogenated alkanes) is 10. The fraction of sp³-hybridized carbons (Fsp3) is 1.00. The van der Waals surface area contributed by atoms with Gasteiger partial charge in [-0.05, 0) is 12.8 Å². The topological polar surface area (TPSA) is 38.0 Å². The molecule has 0 aromatic carbocycles. The van der Waals surface area contributed by atoms with Crippen LogP contribution in [0, 0.1) is 0 Å². The lowest BCUT2D eigenvalue weighted by Gasteiger charge is -2.14. The highest BCUT2D eigenvalue weighted by molar-refractivity contribution is 4.63. The third kappa shape index (κ3) is 14.1. The number of hydrazine groups is 1. The lowest BCUT2D eigenvalue weighted by molar-refractivity contribution is 0.426. The van der Waals surface area contributed by atoms with E-state index in [-0.39, 0.29) is 0 Å². The van der Waals surface area contributed by atoms with Crippen molar-refractivity contribution in [2.45, 2.75) is 110 Å². The van der Waals surface area contributed by atoms with E-state index < -0.39 is 0 Å². The summed E-state index contributed by atoms with van der Waals surface area (Å²) in [6.45, 7) is 4.53. The van der Waals surface area contributed by atoms with E-state index in [0.29, 0.717) is 6.04 Å². The SMILES string of the molecule is CCCCCCCCCCCCC(CCCC)NN. The minimum Gasteiger partial charge on any atom is -0.271 e. The highest BCUT2D eigenvalue weighted by Crippen LogP contribution is 2.13. The summed E-state index contributed by atoms with van der Waals surface area (Å²) >= 11 is 0. The van der Waals surface area contributed by atoms with Crippen molar-refractivity contribution in [3.05, 3.63) is 0 Å². The zero-order valence-corrected chi connectivity index (χ0v) is 13.6. The van der Waals surface area contributed by atoms with Gasteiger partial charge in [-0.1, -0.05) is 90.9 Å². The fourth-order valence-electron chi connectivity index (χ4n) is 2.64. The molecule has 0 amide bonds. The first kappa shape index (κ1) is 18.9. The predicted octanol–water partition coefficient (Wildman–Crippen LogP) is 5.32. The molecular formula is C17H38N2. The molecule has 1 atom stereocenters. The molecule has 2 heteroatoms. The number of nitrogens with two attached hydrogens (primary N) is 1. The van der Waals surface area contributed by atoms with Crippen molar-refractivity contribution in [3.63, 3.8) is 0 Å². The Balaban J connectivity index is 3.16. The molecule has 0 aromatic heterocycles. The van der Waals surface area contributed by atoms with Crippen molar-refractivity contribution >= 4 is 0 Å². The molecule has 0 radical (unpaired) electrons. The Morgan fingerprint density at radius 1 is 0.632 bits per heavy atom. The summed E-state index contributed by atoms with van der Waals surface area (Å²) < 4.78 is 0. The average Bonchev–Trinajstić information content (AvgIpc) is 2.44. The van der Waals surface area contributed by atoms with Gasteiger partial charge < -0.3 is 0 Å². The average molecular weight is 271 g/mol. The summed E-state index contributed by atoms with van der Waals surface area (Å²) in [4.78, 5) is 0. The monoisotopic (exact) mass is 270 g/mol. The first-order chi connectivity index (χ1) is 9.35.